The van der Waals surface area contributed by atoms with Gasteiger partial charge in [0, 0.05) is 28.8 Å². The maximum absolute atomic E-state index is 13.6. The van der Waals surface area contributed by atoms with E-state index < -0.39 is 23.8 Å². The molecule has 34 heavy (non-hydrogen) atoms. The zero-order chi connectivity index (χ0) is 24.1. The van der Waals surface area contributed by atoms with Crippen LogP contribution >= 0.6 is 23.2 Å². The fraction of sp³-hybridized carbons (Fsp3) is 0.400. The van der Waals surface area contributed by atoms with Crippen molar-refractivity contribution in [3.63, 3.8) is 0 Å². The van der Waals surface area contributed by atoms with Crippen LogP contribution in [-0.2, 0) is 16.0 Å². The SMILES string of the molecule is COc1cc2c(c(OC)c1)C1C3CCCC(C(=O)N1CC2)N3C(=O)C(=O)c1cc(Cl)ccc1Cl. The summed E-state index contributed by atoms with van der Waals surface area (Å²) in [5, 5.41) is 0.455. The van der Waals surface area contributed by atoms with E-state index in [-0.39, 0.29) is 22.5 Å². The van der Waals surface area contributed by atoms with Crippen molar-refractivity contribution in [2.75, 3.05) is 20.8 Å². The van der Waals surface area contributed by atoms with Gasteiger partial charge in [-0.2, -0.15) is 0 Å². The first kappa shape index (κ1) is 23.0. The molecule has 3 aliphatic heterocycles. The Balaban J connectivity index is 1.59. The molecule has 3 unspecified atom stereocenters. The highest BCUT2D eigenvalue weighted by molar-refractivity contribution is 6.47. The number of carbonyl (C=O) groups is 3. The zero-order valence-electron chi connectivity index (χ0n) is 18.8. The summed E-state index contributed by atoms with van der Waals surface area (Å²) in [6.07, 6.45) is 2.64. The quantitative estimate of drug-likeness (QED) is 0.464. The molecule has 0 aromatic heterocycles. The molecule has 2 aromatic carbocycles. The monoisotopic (exact) mass is 502 g/mol. The molecule has 3 atom stereocenters. The van der Waals surface area contributed by atoms with E-state index in [9.17, 15) is 14.4 Å². The minimum absolute atomic E-state index is 0.0403. The number of hydrogen-bond acceptors (Lipinski definition) is 5. The summed E-state index contributed by atoms with van der Waals surface area (Å²) in [6.45, 7) is 0.538. The normalized spacial score (nSPS) is 23.2. The molecule has 0 spiro atoms. The van der Waals surface area contributed by atoms with Gasteiger partial charge >= 0.3 is 0 Å². The van der Waals surface area contributed by atoms with Crippen molar-refractivity contribution in [1.82, 2.24) is 9.80 Å². The van der Waals surface area contributed by atoms with E-state index in [1.54, 1.807) is 26.4 Å². The first-order chi connectivity index (χ1) is 16.3. The fourth-order valence-electron chi connectivity index (χ4n) is 5.64. The Hall–Kier alpha value is -2.77. The van der Waals surface area contributed by atoms with Gasteiger partial charge in [0.15, 0.2) is 0 Å². The summed E-state index contributed by atoms with van der Waals surface area (Å²) in [5.74, 6) is -0.346. The summed E-state index contributed by atoms with van der Waals surface area (Å²) in [4.78, 5) is 43.8. The van der Waals surface area contributed by atoms with Gasteiger partial charge in [-0.05, 0) is 55.5 Å². The Kier molecular flexibility index (Phi) is 5.94. The number of piperazine rings is 1. The summed E-state index contributed by atoms with van der Waals surface area (Å²) in [5.41, 5.74) is 1.93. The molecule has 3 aliphatic rings. The summed E-state index contributed by atoms with van der Waals surface area (Å²) in [7, 11) is 3.18. The predicted molar refractivity (Wildman–Crippen MR) is 127 cm³/mol. The molecule has 0 aliphatic carbocycles. The Bertz CT molecular complexity index is 1180. The van der Waals surface area contributed by atoms with E-state index in [2.05, 4.69) is 0 Å². The van der Waals surface area contributed by atoms with Gasteiger partial charge in [0.2, 0.25) is 5.91 Å². The van der Waals surface area contributed by atoms with Crippen LogP contribution in [0.25, 0.3) is 0 Å². The molecule has 0 N–H and O–H groups in total. The van der Waals surface area contributed by atoms with Crippen molar-refractivity contribution in [1.29, 1.82) is 0 Å². The maximum Gasteiger partial charge on any atom is 0.296 e. The van der Waals surface area contributed by atoms with Crippen LogP contribution in [0.3, 0.4) is 0 Å². The maximum atomic E-state index is 13.6. The number of Topliss-reactive ketones (excluding diaryl/α,β-unsaturated/α-hetero) is 1. The Labute approximate surface area is 207 Å². The number of methoxy groups -OCH3 is 2. The van der Waals surface area contributed by atoms with Crippen LogP contribution in [0, 0.1) is 0 Å². The highest BCUT2D eigenvalue weighted by Gasteiger charge is 2.54. The van der Waals surface area contributed by atoms with Crippen LogP contribution < -0.4 is 9.47 Å². The van der Waals surface area contributed by atoms with Crippen LogP contribution in [0.1, 0.15) is 46.8 Å². The fourth-order valence-corrected chi connectivity index (χ4v) is 6.01. The number of hydrogen-bond donors (Lipinski definition) is 0. The zero-order valence-corrected chi connectivity index (χ0v) is 20.4. The first-order valence-corrected chi connectivity index (χ1v) is 12.0. The molecule has 2 saturated heterocycles. The van der Waals surface area contributed by atoms with Gasteiger partial charge in [-0.15, -0.1) is 0 Å². The molecule has 2 aromatic rings. The van der Waals surface area contributed by atoms with Gasteiger partial charge in [0.05, 0.1) is 31.3 Å². The van der Waals surface area contributed by atoms with E-state index in [1.165, 1.54) is 17.0 Å². The van der Waals surface area contributed by atoms with E-state index >= 15 is 0 Å². The third kappa shape index (κ3) is 3.53. The molecule has 3 heterocycles. The lowest BCUT2D eigenvalue weighted by Gasteiger charge is -2.55. The van der Waals surface area contributed by atoms with Crippen molar-refractivity contribution in [3.8, 4) is 11.5 Å². The number of fused-ring (bicyclic) bond motifs is 6. The summed E-state index contributed by atoms with van der Waals surface area (Å²) < 4.78 is 11.1. The summed E-state index contributed by atoms with van der Waals surface area (Å²) >= 11 is 12.3. The Morgan fingerprint density at radius 2 is 1.85 bits per heavy atom. The van der Waals surface area contributed by atoms with E-state index in [4.69, 9.17) is 32.7 Å². The second-order valence-electron chi connectivity index (χ2n) is 8.81. The molecular weight excluding hydrogens is 479 g/mol. The number of benzene rings is 2. The largest absolute Gasteiger partial charge is 0.497 e. The molecule has 5 rings (SSSR count). The highest BCUT2D eigenvalue weighted by atomic mass is 35.5. The lowest BCUT2D eigenvalue weighted by molar-refractivity contribution is -0.164. The molecule has 9 heteroatoms. The van der Waals surface area contributed by atoms with Gasteiger partial charge in [-0.25, -0.2) is 0 Å². The highest BCUT2D eigenvalue weighted by Crippen LogP contribution is 2.48. The van der Waals surface area contributed by atoms with Crippen LogP contribution in [0.15, 0.2) is 30.3 Å². The molecule has 2 bridgehead atoms. The van der Waals surface area contributed by atoms with Gasteiger partial charge in [-0.1, -0.05) is 23.2 Å². The number of ketones is 1. The van der Waals surface area contributed by atoms with E-state index in [0.717, 1.165) is 17.5 Å². The topological polar surface area (TPSA) is 76.2 Å². The number of piperidine rings is 1. The number of nitrogens with zero attached hydrogens (tertiary/aromatic N) is 2. The standard InChI is InChI=1S/C25H24Cl2N2O5/c1-33-15-10-13-8-9-28-22(21(13)20(12-15)34-2)18-4-3-5-19(24(28)31)29(18)25(32)23(30)16-11-14(26)6-7-17(16)27/h6-7,10-12,18-19,22H,3-5,8-9H2,1-2H3. The van der Waals surface area contributed by atoms with Gasteiger partial charge in [-0.3, -0.25) is 14.4 Å². The minimum atomic E-state index is -0.761. The smallest absolute Gasteiger partial charge is 0.296 e. The van der Waals surface area contributed by atoms with Crippen molar-refractivity contribution in [3.05, 3.63) is 57.1 Å². The molecular formula is C25H24Cl2N2O5. The number of ether oxygens (including phenoxy) is 2. The van der Waals surface area contributed by atoms with Crippen molar-refractivity contribution < 1.29 is 23.9 Å². The molecule has 0 radical (unpaired) electrons. The van der Waals surface area contributed by atoms with Crippen molar-refractivity contribution >= 4 is 40.8 Å². The van der Waals surface area contributed by atoms with Crippen molar-refractivity contribution in [2.45, 2.75) is 43.8 Å². The number of rotatable bonds is 4. The molecule has 0 saturated carbocycles. The minimum Gasteiger partial charge on any atom is -0.497 e. The third-order valence-electron chi connectivity index (χ3n) is 7.12. The number of carbonyl (C=O) groups excluding carboxylic acids is 3. The lowest BCUT2D eigenvalue weighted by atomic mass is 9.78. The van der Waals surface area contributed by atoms with Crippen LogP contribution in [-0.4, -0.2) is 60.2 Å². The molecule has 7 nitrogen and oxygen atoms in total. The average Bonchev–Trinajstić information content (AvgIpc) is 2.86. The van der Waals surface area contributed by atoms with Crippen LogP contribution in [0.2, 0.25) is 10.0 Å². The second kappa shape index (κ2) is 8.78. The number of amides is 2. The average molecular weight is 503 g/mol. The lowest BCUT2D eigenvalue weighted by Crippen LogP contribution is -2.68. The third-order valence-corrected chi connectivity index (χ3v) is 7.68. The first-order valence-electron chi connectivity index (χ1n) is 11.2. The Morgan fingerprint density at radius 3 is 2.59 bits per heavy atom. The Morgan fingerprint density at radius 1 is 1.06 bits per heavy atom. The second-order valence-corrected chi connectivity index (χ2v) is 9.65. The molecule has 2 amide bonds. The molecule has 178 valence electrons. The van der Waals surface area contributed by atoms with Crippen molar-refractivity contribution in [2.24, 2.45) is 0 Å². The van der Waals surface area contributed by atoms with Crippen LogP contribution in [0.5, 0.6) is 11.5 Å². The van der Waals surface area contributed by atoms with Gasteiger partial charge in [0.25, 0.3) is 11.7 Å². The van der Waals surface area contributed by atoms with Gasteiger partial charge in [0.1, 0.15) is 17.5 Å². The van der Waals surface area contributed by atoms with E-state index in [1.807, 2.05) is 11.0 Å². The number of halogens is 2. The summed E-state index contributed by atoms with van der Waals surface area (Å²) in [6, 6.07) is 6.76. The van der Waals surface area contributed by atoms with Gasteiger partial charge < -0.3 is 19.3 Å². The predicted octanol–water partition coefficient (Wildman–Crippen LogP) is 4.08. The van der Waals surface area contributed by atoms with Crippen LogP contribution in [0.4, 0.5) is 0 Å². The van der Waals surface area contributed by atoms with E-state index in [0.29, 0.717) is 42.3 Å². The molecule has 2 fully saturated rings.